The molecule has 88 valence electrons. The summed E-state index contributed by atoms with van der Waals surface area (Å²) in [6.45, 7) is 6.71. The van der Waals surface area contributed by atoms with Gasteiger partial charge in [0.05, 0.1) is 5.56 Å². The summed E-state index contributed by atoms with van der Waals surface area (Å²) in [7, 11) is 1.80. The van der Waals surface area contributed by atoms with Crippen molar-refractivity contribution in [2.45, 2.75) is 26.8 Å². The lowest BCUT2D eigenvalue weighted by molar-refractivity contribution is 0.0716. The van der Waals surface area contributed by atoms with E-state index in [1.807, 2.05) is 25.7 Å². The van der Waals surface area contributed by atoms with Gasteiger partial charge in [-0.05, 0) is 32.9 Å². The molecule has 0 saturated carbocycles. The van der Waals surface area contributed by atoms with Crippen LogP contribution in [0.2, 0.25) is 0 Å². The number of carbonyl (C=O) groups excluding carboxylic acids is 1. The first-order valence-corrected chi connectivity index (χ1v) is 5.55. The van der Waals surface area contributed by atoms with Crippen molar-refractivity contribution in [1.29, 1.82) is 0 Å². The summed E-state index contributed by atoms with van der Waals surface area (Å²) >= 11 is 0. The zero-order valence-electron chi connectivity index (χ0n) is 10.3. The fourth-order valence-electron chi connectivity index (χ4n) is 1.58. The number of hydrogen-bond donors (Lipinski definition) is 1. The Balaban J connectivity index is 2.86. The van der Waals surface area contributed by atoms with Gasteiger partial charge in [0.2, 0.25) is 0 Å². The second-order valence-electron chi connectivity index (χ2n) is 3.87. The van der Waals surface area contributed by atoms with Gasteiger partial charge in [-0.2, -0.15) is 0 Å². The fraction of sp³-hybridized carbons (Fsp3) is 0.500. The van der Waals surface area contributed by atoms with Gasteiger partial charge in [0.1, 0.15) is 5.82 Å². The van der Waals surface area contributed by atoms with Gasteiger partial charge in [0.15, 0.2) is 0 Å². The molecule has 0 aliphatic carbocycles. The number of nitrogens with zero attached hydrogens (tertiary/aromatic N) is 2. The predicted molar refractivity (Wildman–Crippen MR) is 65.6 cm³/mol. The van der Waals surface area contributed by atoms with E-state index in [0.29, 0.717) is 12.1 Å². The molecule has 0 radical (unpaired) electrons. The summed E-state index contributed by atoms with van der Waals surface area (Å²) in [5.74, 6) is 0.803. The van der Waals surface area contributed by atoms with E-state index in [2.05, 4.69) is 10.3 Å². The number of carbonyl (C=O) groups is 1. The van der Waals surface area contributed by atoms with Crippen LogP contribution < -0.4 is 5.32 Å². The van der Waals surface area contributed by atoms with Crippen molar-refractivity contribution in [3.05, 3.63) is 23.9 Å². The van der Waals surface area contributed by atoms with Crippen molar-refractivity contribution < 1.29 is 4.79 Å². The van der Waals surface area contributed by atoms with Gasteiger partial charge in [-0.3, -0.25) is 4.79 Å². The van der Waals surface area contributed by atoms with Crippen LogP contribution in [0, 0.1) is 0 Å². The van der Waals surface area contributed by atoms with Gasteiger partial charge in [-0.1, -0.05) is 0 Å². The maximum atomic E-state index is 12.1. The third-order valence-corrected chi connectivity index (χ3v) is 2.49. The number of aromatic nitrogens is 1. The molecule has 4 heteroatoms. The first-order chi connectivity index (χ1) is 7.60. The van der Waals surface area contributed by atoms with Gasteiger partial charge < -0.3 is 10.2 Å². The van der Waals surface area contributed by atoms with Crippen molar-refractivity contribution in [1.82, 2.24) is 9.88 Å². The standard InChI is InChI=1S/C12H19N3O/c1-5-15(9(2)3)12(16)10-6-7-11(13-4)14-8-10/h6-9H,5H2,1-4H3,(H,13,14). The SMILES string of the molecule is CCN(C(=O)c1ccc(NC)nc1)C(C)C. The van der Waals surface area contributed by atoms with Crippen molar-refractivity contribution in [3.63, 3.8) is 0 Å². The van der Waals surface area contributed by atoms with Crippen molar-refractivity contribution in [2.75, 3.05) is 18.9 Å². The molecule has 1 aromatic rings. The summed E-state index contributed by atoms with van der Waals surface area (Å²) in [5, 5.41) is 2.92. The third-order valence-electron chi connectivity index (χ3n) is 2.49. The number of hydrogen-bond acceptors (Lipinski definition) is 3. The molecule has 1 aromatic heterocycles. The molecule has 0 atom stereocenters. The molecule has 4 nitrogen and oxygen atoms in total. The number of pyridine rings is 1. The van der Waals surface area contributed by atoms with Gasteiger partial charge in [0, 0.05) is 25.8 Å². The molecule has 1 heterocycles. The molecular weight excluding hydrogens is 202 g/mol. The van der Waals surface area contributed by atoms with Gasteiger partial charge in [0.25, 0.3) is 5.91 Å². The zero-order valence-corrected chi connectivity index (χ0v) is 10.3. The lowest BCUT2D eigenvalue weighted by Gasteiger charge is -2.25. The highest BCUT2D eigenvalue weighted by molar-refractivity contribution is 5.94. The van der Waals surface area contributed by atoms with E-state index >= 15 is 0 Å². The number of rotatable bonds is 4. The summed E-state index contributed by atoms with van der Waals surface area (Å²) in [6, 6.07) is 3.81. The topological polar surface area (TPSA) is 45.2 Å². The second-order valence-corrected chi connectivity index (χ2v) is 3.87. The Morgan fingerprint density at radius 3 is 2.56 bits per heavy atom. The van der Waals surface area contributed by atoms with Gasteiger partial charge >= 0.3 is 0 Å². The molecule has 0 aliphatic heterocycles. The minimum atomic E-state index is 0.0349. The normalized spacial score (nSPS) is 10.3. The van der Waals surface area contributed by atoms with Crippen LogP contribution in [-0.4, -0.2) is 35.4 Å². The summed E-state index contributed by atoms with van der Waals surface area (Å²) in [6.07, 6.45) is 1.61. The molecule has 16 heavy (non-hydrogen) atoms. The first kappa shape index (κ1) is 12.5. The molecule has 1 N–H and O–H groups in total. The van der Waals surface area contributed by atoms with Crippen LogP contribution in [0.25, 0.3) is 0 Å². The van der Waals surface area contributed by atoms with E-state index in [1.54, 1.807) is 25.4 Å². The smallest absolute Gasteiger partial charge is 0.255 e. The van der Waals surface area contributed by atoms with Gasteiger partial charge in [-0.25, -0.2) is 4.98 Å². The van der Waals surface area contributed by atoms with Crippen molar-refractivity contribution in [2.24, 2.45) is 0 Å². The Hall–Kier alpha value is -1.58. The van der Waals surface area contributed by atoms with Crippen molar-refractivity contribution in [3.8, 4) is 0 Å². The minimum absolute atomic E-state index is 0.0349. The highest BCUT2D eigenvalue weighted by Gasteiger charge is 2.16. The zero-order chi connectivity index (χ0) is 12.1. The van der Waals surface area contributed by atoms with E-state index in [9.17, 15) is 4.79 Å². The van der Waals surface area contributed by atoms with Crippen LogP contribution in [0.3, 0.4) is 0 Å². The van der Waals surface area contributed by atoms with Gasteiger partial charge in [-0.15, -0.1) is 0 Å². The van der Waals surface area contributed by atoms with Crippen LogP contribution >= 0.6 is 0 Å². The first-order valence-electron chi connectivity index (χ1n) is 5.55. The Bertz CT molecular complexity index is 346. The molecular formula is C12H19N3O. The predicted octanol–water partition coefficient (Wildman–Crippen LogP) is 1.99. The lowest BCUT2D eigenvalue weighted by atomic mass is 10.2. The molecule has 0 unspecified atom stereocenters. The molecule has 0 aliphatic rings. The summed E-state index contributed by atoms with van der Waals surface area (Å²) in [5.41, 5.74) is 0.634. The van der Waals surface area contributed by atoms with E-state index in [1.165, 1.54) is 0 Å². The Kier molecular flexibility index (Phi) is 4.28. The van der Waals surface area contributed by atoms with E-state index in [0.717, 1.165) is 5.82 Å². The van der Waals surface area contributed by atoms with E-state index in [-0.39, 0.29) is 11.9 Å². The van der Waals surface area contributed by atoms with Crippen LogP contribution in [0.4, 0.5) is 5.82 Å². The molecule has 0 spiro atoms. The van der Waals surface area contributed by atoms with Crippen molar-refractivity contribution >= 4 is 11.7 Å². The summed E-state index contributed by atoms with van der Waals surface area (Å²) in [4.78, 5) is 18.0. The van der Waals surface area contributed by atoms with Crippen LogP contribution in [0.1, 0.15) is 31.1 Å². The second kappa shape index (κ2) is 5.49. The number of amides is 1. The van der Waals surface area contributed by atoms with Crippen LogP contribution in [-0.2, 0) is 0 Å². The number of nitrogens with one attached hydrogen (secondary N) is 1. The monoisotopic (exact) mass is 221 g/mol. The minimum Gasteiger partial charge on any atom is -0.373 e. The Labute approximate surface area is 96.7 Å². The molecule has 1 rings (SSSR count). The average molecular weight is 221 g/mol. The van der Waals surface area contributed by atoms with Crippen LogP contribution in [0.5, 0.6) is 0 Å². The average Bonchev–Trinajstić information content (AvgIpc) is 2.29. The molecule has 0 fully saturated rings. The maximum Gasteiger partial charge on any atom is 0.255 e. The summed E-state index contributed by atoms with van der Waals surface area (Å²) < 4.78 is 0. The maximum absolute atomic E-state index is 12.1. The Morgan fingerprint density at radius 1 is 1.50 bits per heavy atom. The van der Waals surface area contributed by atoms with E-state index < -0.39 is 0 Å². The molecule has 1 amide bonds. The highest BCUT2D eigenvalue weighted by Crippen LogP contribution is 2.09. The number of anilines is 1. The third kappa shape index (κ3) is 2.72. The fourth-order valence-corrected chi connectivity index (χ4v) is 1.58. The van der Waals surface area contributed by atoms with Crippen LogP contribution in [0.15, 0.2) is 18.3 Å². The molecule has 0 saturated heterocycles. The Morgan fingerprint density at radius 2 is 2.19 bits per heavy atom. The highest BCUT2D eigenvalue weighted by atomic mass is 16.2. The molecule has 0 aromatic carbocycles. The largest absolute Gasteiger partial charge is 0.373 e. The molecule has 0 bridgehead atoms. The van der Waals surface area contributed by atoms with E-state index in [4.69, 9.17) is 0 Å². The lowest BCUT2D eigenvalue weighted by Crippen LogP contribution is -2.36. The quantitative estimate of drug-likeness (QED) is 0.845.